The second-order valence-electron chi connectivity index (χ2n) is 8.86. The lowest BCUT2D eigenvalue weighted by molar-refractivity contribution is -0.135. The molecule has 0 unspecified atom stereocenters. The summed E-state index contributed by atoms with van der Waals surface area (Å²) in [6.45, 7) is 15.1. The lowest BCUT2D eigenvalue weighted by Gasteiger charge is -2.32. The van der Waals surface area contributed by atoms with E-state index in [4.69, 9.17) is 0 Å². The number of piperidine rings is 1. The molecule has 0 atom stereocenters. The van der Waals surface area contributed by atoms with Gasteiger partial charge in [0.05, 0.1) is 6.54 Å². The highest BCUT2D eigenvalue weighted by Gasteiger charge is 2.27. The molecular formula is C18H35N3O2. The molecule has 0 aromatic heterocycles. The molecular weight excluding hydrogens is 290 g/mol. The first-order valence-electron chi connectivity index (χ1n) is 8.78. The Kier molecular flexibility index (Phi) is 7.05. The Morgan fingerprint density at radius 1 is 1.04 bits per heavy atom. The maximum Gasteiger partial charge on any atom is 0.236 e. The molecule has 1 rings (SSSR count). The van der Waals surface area contributed by atoms with E-state index in [1.54, 1.807) is 0 Å². The Balaban J connectivity index is 2.29. The molecule has 2 N–H and O–H groups in total. The lowest BCUT2D eigenvalue weighted by Crippen LogP contribution is -2.48. The Morgan fingerprint density at radius 3 is 2.09 bits per heavy atom. The van der Waals surface area contributed by atoms with Crippen LogP contribution < -0.4 is 10.6 Å². The maximum absolute atomic E-state index is 12.2. The van der Waals surface area contributed by atoms with Crippen LogP contribution in [-0.4, -0.2) is 48.4 Å². The molecule has 1 fully saturated rings. The molecule has 0 radical (unpaired) electrons. The number of carbonyl (C=O) groups is 2. The van der Waals surface area contributed by atoms with Crippen LogP contribution in [0.3, 0.4) is 0 Å². The molecule has 0 spiro atoms. The first-order chi connectivity index (χ1) is 10.5. The Labute approximate surface area is 141 Å². The monoisotopic (exact) mass is 325 g/mol. The minimum atomic E-state index is -0.0546. The molecule has 1 aliphatic heterocycles. The first kappa shape index (κ1) is 19.9. The minimum Gasteiger partial charge on any atom is -0.356 e. The number of likely N-dealkylation sites (tertiary alicyclic amines) is 1. The van der Waals surface area contributed by atoms with Crippen molar-refractivity contribution in [2.45, 2.75) is 66.3 Å². The molecule has 1 aliphatic rings. The normalized spacial score (nSPS) is 17.2. The number of hydrogen-bond acceptors (Lipinski definition) is 3. The van der Waals surface area contributed by atoms with Gasteiger partial charge in [-0.15, -0.1) is 0 Å². The molecule has 1 heterocycles. The minimum absolute atomic E-state index is 0.0505. The largest absolute Gasteiger partial charge is 0.356 e. The molecule has 0 aromatic rings. The number of nitrogens with one attached hydrogen (secondary N) is 2. The third kappa shape index (κ3) is 8.35. The average Bonchev–Trinajstić information content (AvgIpc) is 2.42. The van der Waals surface area contributed by atoms with Gasteiger partial charge in [0.1, 0.15) is 0 Å². The lowest BCUT2D eigenvalue weighted by atomic mass is 9.92. The van der Waals surface area contributed by atoms with Crippen molar-refractivity contribution < 1.29 is 9.59 Å². The van der Waals surface area contributed by atoms with Crippen LogP contribution in [0.2, 0.25) is 0 Å². The van der Waals surface area contributed by atoms with Crippen molar-refractivity contribution in [3.8, 4) is 0 Å². The third-order valence-electron chi connectivity index (χ3n) is 4.16. The van der Waals surface area contributed by atoms with Crippen LogP contribution in [0.15, 0.2) is 0 Å². The standard InChI is InChI=1S/C18H35N3O2/c1-17(2,3)9-10-19-16(23)14-7-11-21(12-8-14)15(22)13-20-18(4,5)6/h14,20H,7-13H2,1-6H3,(H,19,23). The molecule has 134 valence electrons. The third-order valence-corrected chi connectivity index (χ3v) is 4.16. The maximum atomic E-state index is 12.2. The van der Waals surface area contributed by atoms with Crippen LogP contribution in [-0.2, 0) is 9.59 Å². The highest BCUT2D eigenvalue weighted by atomic mass is 16.2. The van der Waals surface area contributed by atoms with Crippen molar-refractivity contribution in [2.24, 2.45) is 11.3 Å². The van der Waals surface area contributed by atoms with E-state index >= 15 is 0 Å². The van der Waals surface area contributed by atoms with Gasteiger partial charge in [0, 0.05) is 31.1 Å². The van der Waals surface area contributed by atoms with E-state index in [1.165, 1.54) is 0 Å². The van der Waals surface area contributed by atoms with E-state index in [0.717, 1.165) is 25.8 Å². The van der Waals surface area contributed by atoms with Gasteiger partial charge in [-0.1, -0.05) is 20.8 Å². The number of nitrogens with zero attached hydrogens (tertiary/aromatic N) is 1. The van der Waals surface area contributed by atoms with Gasteiger partial charge >= 0.3 is 0 Å². The first-order valence-corrected chi connectivity index (χ1v) is 8.78. The van der Waals surface area contributed by atoms with Crippen molar-refractivity contribution in [2.75, 3.05) is 26.2 Å². The summed E-state index contributed by atoms with van der Waals surface area (Å²) in [6, 6.07) is 0. The zero-order valence-electron chi connectivity index (χ0n) is 15.8. The van der Waals surface area contributed by atoms with Gasteiger partial charge in [0.2, 0.25) is 11.8 Å². The number of amides is 2. The molecule has 1 saturated heterocycles. The van der Waals surface area contributed by atoms with Gasteiger partial charge in [-0.05, 0) is 45.4 Å². The topological polar surface area (TPSA) is 61.4 Å². The molecule has 0 aromatic carbocycles. The van der Waals surface area contributed by atoms with E-state index in [-0.39, 0.29) is 28.7 Å². The summed E-state index contributed by atoms with van der Waals surface area (Å²) in [5.41, 5.74) is 0.185. The van der Waals surface area contributed by atoms with E-state index in [1.807, 2.05) is 4.90 Å². The molecule has 0 bridgehead atoms. The second kappa shape index (κ2) is 8.13. The van der Waals surface area contributed by atoms with Crippen LogP contribution in [0, 0.1) is 11.3 Å². The van der Waals surface area contributed by atoms with Crippen LogP contribution in [0.1, 0.15) is 60.8 Å². The van der Waals surface area contributed by atoms with Gasteiger partial charge < -0.3 is 15.5 Å². The van der Waals surface area contributed by atoms with Gasteiger partial charge in [0.25, 0.3) is 0 Å². The van der Waals surface area contributed by atoms with E-state index in [0.29, 0.717) is 19.6 Å². The Bertz CT molecular complexity index is 399. The van der Waals surface area contributed by atoms with Crippen molar-refractivity contribution in [1.82, 2.24) is 15.5 Å². The van der Waals surface area contributed by atoms with Crippen molar-refractivity contribution in [3.05, 3.63) is 0 Å². The summed E-state index contributed by atoms with van der Waals surface area (Å²) in [5, 5.41) is 6.27. The summed E-state index contributed by atoms with van der Waals surface area (Å²) < 4.78 is 0. The number of hydrogen-bond donors (Lipinski definition) is 2. The van der Waals surface area contributed by atoms with Crippen molar-refractivity contribution in [1.29, 1.82) is 0 Å². The van der Waals surface area contributed by atoms with Crippen LogP contribution in [0.4, 0.5) is 0 Å². The van der Waals surface area contributed by atoms with E-state index in [2.05, 4.69) is 52.2 Å². The summed E-state index contributed by atoms with van der Waals surface area (Å²) in [5.74, 6) is 0.329. The summed E-state index contributed by atoms with van der Waals surface area (Å²) in [7, 11) is 0. The SMILES string of the molecule is CC(C)(C)CCNC(=O)C1CCN(C(=O)CNC(C)(C)C)CC1. The van der Waals surface area contributed by atoms with E-state index < -0.39 is 0 Å². The van der Waals surface area contributed by atoms with Gasteiger partial charge in [0.15, 0.2) is 0 Å². The van der Waals surface area contributed by atoms with Crippen LogP contribution >= 0.6 is 0 Å². The predicted molar refractivity (Wildman–Crippen MR) is 94.1 cm³/mol. The summed E-state index contributed by atoms with van der Waals surface area (Å²) >= 11 is 0. The van der Waals surface area contributed by atoms with Gasteiger partial charge in [-0.2, -0.15) is 0 Å². The number of carbonyl (C=O) groups excluding carboxylic acids is 2. The fourth-order valence-corrected chi connectivity index (χ4v) is 2.55. The highest BCUT2D eigenvalue weighted by molar-refractivity contribution is 5.80. The van der Waals surface area contributed by atoms with Crippen LogP contribution in [0.5, 0.6) is 0 Å². The zero-order valence-corrected chi connectivity index (χ0v) is 15.8. The smallest absolute Gasteiger partial charge is 0.236 e. The summed E-state index contributed by atoms with van der Waals surface area (Å²) in [6.07, 6.45) is 2.51. The molecule has 5 nitrogen and oxygen atoms in total. The zero-order chi connectivity index (χ0) is 17.7. The molecule has 0 aliphatic carbocycles. The second-order valence-corrected chi connectivity index (χ2v) is 8.86. The number of rotatable bonds is 5. The quantitative estimate of drug-likeness (QED) is 0.814. The summed E-state index contributed by atoms with van der Waals surface area (Å²) in [4.78, 5) is 26.2. The predicted octanol–water partition coefficient (Wildman–Crippen LogP) is 2.17. The average molecular weight is 325 g/mol. The molecule has 2 amide bonds. The van der Waals surface area contributed by atoms with E-state index in [9.17, 15) is 9.59 Å². The Hall–Kier alpha value is -1.10. The highest BCUT2D eigenvalue weighted by Crippen LogP contribution is 2.19. The van der Waals surface area contributed by atoms with Crippen molar-refractivity contribution in [3.63, 3.8) is 0 Å². The molecule has 23 heavy (non-hydrogen) atoms. The van der Waals surface area contributed by atoms with Crippen molar-refractivity contribution >= 4 is 11.8 Å². The molecule has 5 heteroatoms. The Morgan fingerprint density at radius 2 is 1.61 bits per heavy atom. The fraction of sp³-hybridized carbons (Fsp3) is 0.889. The van der Waals surface area contributed by atoms with Crippen LogP contribution in [0.25, 0.3) is 0 Å². The molecule has 0 saturated carbocycles. The van der Waals surface area contributed by atoms with Gasteiger partial charge in [-0.25, -0.2) is 0 Å². The van der Waals surface area contributed by atoms with Gasteiger partial charge in [-0.3, -0.25) is 9.59 Å². The fourth-order valence-electron chi connectivity index (χ4n) is 2.55.